The van der Waals surface area contributed by atoms with Gasteiger partial charge in [-0.25, -0.2) is 4.98 Å². The number of carbonyl (C=O) groups excluding carboxylic acids is 1. The van der Waals surface area contributed by atoms with E-state index in [1.807, 2.05) is 35.7 Å². The van der Waals surface area contributed by atoms with Gasteiger partial charge in [-0.1, -0.05) is 30.3 Å². The van der Waals surface area contributed by atoms with Crippen LogP contribution in [-0.2, 0) is 16.1 Å². The third kappa shape index (κ3) is 5.49. The summed E-state index contributed by atoms with van der Waals surface area (Å²) in [6.45, 7) is 6.78. The number of anilines is 1. The molecule has 0 bridgehead atoms. The number of hydrogen-bond donors (Lipinski definition) is 1. The summed E-state index contributed by atoms with van der Waals surface area (Å²) in [5.74, 6) is -0.168. The smallest absolute Gasteiger partial charge is 0.250 e. The van der Waals surface area contributed by atoms with Crippen molar-refractivity contribution in [1.29, 1.82) is 0 Å². The summed E-state index contributed by atoms with van der Waals surface area (Å²) in [5, 5.41) is 5.46. The maximum atomic E-state index is 12.0. The van der Waals surface area contributed by atoms with Crippen LogP contribution in [0.3, 0.4) is 0 Å². The molecule has 1 aliphatic rings. The maximum Gasteiger partial charge on any atom is 0.250 e. The summed E-state index contributed by atoms with van der Waals surface area (Å²) in [5.41, 5.74) is 1.97. The predicted octanol–water partition coefficient (Wildman–Crippen LogP) is 3.40. The van der Waals surface area contributed by atoms with E-state index in [9.17, 15) is 4.79 Å². The lowest BCUT2D eigenvalue weighted by atomic mass is 10.2. The number of nitrogens with zero attached hydrogens (tertiary/aromatic N) is 2. The predicted molar refractivity (Wildman–Crippen MR) is 102 cm³/mol. The molecule has 1 fully saturated rings. The van der Waals surface area contributed by atoms with Crippen LogP contribution in [0.1, 0.15) is 25.1 Å². The molecule has 1 amide bonds. The average molecular weight is 357 g/mol. The Morgan fingerprint density at radius 3 is 2.76 bits per heavy atom. The Balaban J connectivity index is 1.53. The van der Waals surface area contributed by atoms with Crippen molar-refractivity contribution in [1.82, 2.24) is 9.88 Å². The average Bonchev–Trinajstić information content (AvgIpc) is 3.00. The van der Waals surface area contributed by atoms with Crippen molar-refractivity contribution in [2.45, 2.75) is 32.6 Å². The summed E-state index contributed by atoms with van der Waals surface area (Å²) in [4.78, 5) is 18.9. The number of aromatic nitrogens is 1. The minimum Gasteiger partial charge on any atom is -0.373 e. The first-order valence-corrected chi connectivity index (χ1v) is 9.33. The molecular weight excluding hydrogens is 334 g/mol. The van der Waals surface area contributed by atoms with Crippen LogP contribution in [0.2, 0.25) is 0 Å². The molecule has 0 aliphatic carbocycles. The summed E-state index contributed by atoms with van der Waals surface area (Å²) in [6, 6.07) is 9.74. The second-order valence-corrected chi connectivity index (χ2v) is 7.19. The number of ether oxygens (including phenoxy) is 1. The number of amides is 1. The zero-order valence-corrected chi connectivity index (χ0v) is 15.3. The van der Waals surface area contributed by atoms with Crippen LogP contribution in [0.25, 0.3) is 6.08 Å². The van der Waals surface area contributed by atoms with E-state index in [0.29, 0.717) is 5.13 Å². The zero-order valence-electron chi connectivity index (χ0n) is 14.5. The first-order valence-electron chi connectivity index (χ1n) is 8.45. The quantitative estimate of drug-likeness (QED) is 0.833. The van der Waals surface area contributed by atoms with Gasteiger partial charge in [0, 0.05) is 31.1 Å². The topological polar surface area (TPSA) is 54.5 Å². The number of morpholine rings is 1. The first-order chi connectivity index (χ1) is 12.1. The summed E-state index contributed by atoms with van der Waals surface area (Å²) in [7, 11) is 0. The molecule has 2 heterocycles. The highest BCUT2D eigenvalue weighted by Crippen LogP contribution is 2.19. The number of nitrogens with one attached hydrogen (secondary N) is 1. The van der Waals surface area contributed by atoms with Crippen molar-refractivity contribution in [3.8, 4) is 0 Å². The fourth-order valence-electron chi connectivity index (χ4n) is 2.96. The number of rotatable bonds is 5. The Hall–Kier alpha value is -2.02. The number of hydrogen-bond acceptors (Lipinski definition) is 5. The Labute approximate surface area is 152 Å². The van der Waals surface area contributed by atoms with Crippen molar-refractivity contribution in [3.63, 3.8) is 0 Å². The molecule has 1 saturated heterocycles. The molecule has 132 valence electrons. The molecule has 6 heteroatoms. The standard InChI is InChI=1S/C19H23N3O2S/c1-14-10-22(11-15(2)24-14)12-17-13-25-19(20-17)21-18(23)9-8-16-6-4-3-5-7-16/h3-9,13-15H,10-12H2,1-2H3,(H,20,21,23)/b9-8-/t14-,15+. The van der Waals surface area contributed by atoms with Crippen LogP contribution >= 0.6 is 11.3 Å². The van der Waals surface area contributed by atoms with Gasteiger partial charge >= 0.3 is 0 Å². The fourth-order valence-corrected chi connectivity index (χ4v) is 3.67. The highest BCUT2D eigenvalue weighted by atomic mass is 32.1. The Bertz CT molecular complexity index is 719. The highest BCUT2D eigenvalue weighted by molar-refractivity contribution is 7.13. The van der Waals surface area contributed by atoms with E-state index >= 15 is 0 Å². The van der Waals surface area contributed by atoms with E-state index in [-0.39, 0.29) is 18.1 Å². The number of benzene rings is 1. The monoisotopic (exact) mass is 357 g/mol. The van der Waals surface area contributed by atoms with Crippen molar-refractivity contribution >= 4 is 28.5 Å². The molecule has 3 rings (SSSR count). The maximum absolute atomic E-state index is 12.0. The summed E-state index contributed by atoms with van der Waals surface area (Å²) in [6.07, 6.45) is 3.80. The molecule has 1 N–H and O–H groups in total. The molecule has 0 spiro atoms. The zero-order chi connectivity index (χ0) is 17.6. The molecule has 2 aromatic rings. The van der Waals surface area contributed by atoms with Crippen LogP contribution < -0.4 is 5.32 Å². The third-order valence-electron chi connectivity index (χ3n) is 3.89. The number of thiazole rings is 1. The van der Waals surface area contributed by atoms with E-state index in [1.165, 1.54) is 17.4 Å². The van der Waals surface area contributed by atoms with Crippen molar-refractivity contribution in [2.24, 2.45) is 0 Å². The molecule has 1 aliphatic heterocycles. The Kier molecular flexibility index (Phi) is 5.96. The molecule has 1 aromatic heterocycles. The minimum absolute atomic E-state index is 0.168. The lowest BCUT2D eigenvalue weighted by Gasteiger charge is -2.34. The van der Waals surface area contributed by atoms with Gasteiger partial charge in [0.15, 0.2) is 5.13 Å². The highest BCUT2D eigenvalue weighted by Gasteiger charge is 2.22. The Morgan fingerprint density at radius 2 is 2.04 bits per heavy atom. The lowest BCUT2D eigenvalue weighted by Crippen LogP contribution is -2.44. The molecule has 2 atom stereocenters. The SMILES string of the molecule is C[C@@H]1CN(Cc2csc(NC(=O)/C=C\c3ccccc3)n2)C[C@H](C)O1. The van der Waals surface area contributed by atoms with E-state index in [4.69, 9.17) is 4.74 Å². The van der Waals surface area contributed by atoms with Crippen molar-refractivity contribution in [2.75, 3.05) is 18.4 Å². The van der Waals surface area contributed by atoms with Gasteiger partial charge < -0.3 is 4.74 Å². The molecule has 5 nitrogen and oxygen atoms in total. The van der Waals surface area contributed by atoms with Crippen LogP contribution in [-0.4, -0.2) is 41.1 Å². The van der Waals surface area contributed by atoms with Gasteiger partial charge in [-0.15, -0.1) is 11.3 Å². The van der Waals surface area contributed by atoms with Gasteiger partial charge in [0.2, 0.25) is 5.91 Å². The second-order valence-electron chi connectivity index (χ2n) is 6.33. The molecule has 0 saturated carbocycles. The number of carbonyl (C=O) groups is 1. The first kappa shape index (κ1) is 17.8. The van der Waals surface area contributed by atoms with Crippen LogP contribution in [0, 0.1) is 0 Å². The normalized spacial score (nSPS) is 21.5. The van der Waals surface area contributed by atoms with E-state index in [1.54, 1.807) is 6.08 Å². The van der Waals surface area contributed by atoms with Gasteiger partial charge in [-0.2, -0.15) is 0 Å². The fraction of sp³-hybridized carbons (Fsp3) is 0.368. The van der Waals surface area contributed by atoms with Gasteiger partial charge in [-0.05, 0) is 25.5 Å². The summed E-state index contributed by atoms with van der Waals surface area (Å²) >= 11 is 1.45. The largest absolute Gasteiger partial charge is 0.373 e. The molecular formula is C19H23N3O2S. The van der Waals surface area contributed by atoms with E-state index < -0.39 is 0 Å². The molecule has 0 unspecified atom stereocenters. The van der Waals surface area contributed by atoms with Crippen molar-refractivity contribution < 1.29 is 9.53 Å². The lowest BCUT2D eigenvalue weighted by molar-refractivity contribution is -0.111. The molecule has 0 radical (unpaired) electrons. The van der Waals surface area contributed by atoms with Crippen molar-refractivity contribution in [3.05, 3.63) is 53.0 Å². The van der Waals surface area contributed by atoms with E-state index in [0.717, 1.165) is 30.9 Å². The third-order valence-corrected chi connectivity index (χ3v) is 4.70. The van der Waals surface area contributed by atoms with Crippen LogP contribution in [0.4, 0.5) is 5.13 Å². The minimum atomic E-state index is -0.168. The van der Waals surface area contributed by atoms with Crippen LogP contribution in [0.15, 0.2) is 41.8 Å². The van der Waals surface area contributed by atoms with E-state index in [2.05, 4.69) is 29.0 Å². The van der Waals surface area contributed by atoms with Crippen LogP contribution in [0.5, 0.6) is 0 Å². The van der Waals surface area contributed by atoms with Gasteiger partial charge in [0.05, 0.1) is 17.9 Å². The molecule has 25 heavy (non-hydrogen) atoms. The van der Waals surface area contributed by atoms with Gasteiger partial charge in [0.1, 0.15) is 0 Å². The van der Waals surface area contributed by atoms with Gasteiger partial charge in [0.25, 0.3) is 0 Å². The van der Waals surface area contributed by atoms with Gasteiger partial charge in [-0.3, -0.25) is 15.0 Å². The second kappa shape index (κ2) is 8.38. The molecule has 1 aromatic carbocycles. The summed E-state index contributed by atoms with van der Waals surface area (Å²) < 4.78 is 5.75. The Morgan fingerprint density at radius 1 is 1.32 bits per heavy atom.